The zero-order valence-electron chi connectivity index (χ0n) is 19.5. The lowest BCUT2D eigenvalue weighted by molar-refractivity contribution is 0.0206. The van der Waals surface area contributed by atoms with Crippen LogP contribution in [0.5, 0.6) is 11.6 Å². The summed E-state index contributed by atoms with van der Waals surface area (Å²) in [5.41, 5.74) is 2.69. The van der Waals surface area contributed by atoms with Crippen LogP contribution in [0, 0.1) is 12.3 Å². The number of aliphatic hydroxyl groups excluding tert-OH is 1. The van der Waals surface area contributed by atoms with Gasteiger partial charge in [0.2, 0.25) is 5.88 Å². The van der Waals surface area contributed by atoms with E-state index in [1.807, 2.05) is 49.5 Å². The van der Waals surface area contributed by atoms with Crippen LogP contribution in [0.4, 0.5) is 0 Å². The Labute approximate surface area is 205 Å². The summed E-state index contributed by atoms with van der Waals surface area (Å²) in [6.45, 7) is 2.28. The van der Waals surface area contributed by atoms with Crippen molar-refractivity contribution in [1.82, 2.24) is 14.7 Å². The highest BCUT2D eigenvalue weighted by Gasteiger charge is 2.23. The van der Waals surface area contributed by atoms with Crippen molar-refractivity contribution in [3.63, 3.8) is 0 Å². The number of halogens is 1. The molecule has 1 aromatic heterocycles. The van der Waals surface area contributed by atoms with Gasteiger partial charge < -0.3 is 19.3 Å². The standard InChI is InChI=1S/C26H30ClN3O4/c1-4-15-33-19-22(31)17-30(14-16-32-3)18-24-25(20-8-6-5-7-9-20)28-29(2)26(24)34-23-12-10-21(27)11-13-23/h1,5-13,22,31H,14-19H2,2-3H3/t22-/m1/s1. The lowest BCUT2D eigenvalue weighted by atomic mass is 10.1. The minimum atomic E-state index is -0.706. The Kier molecular flexibility index (Phi) is 9.95. The Balaban J connectivity index is 1.92. The molecule has 34 heavy (non-hydrogen) atoms. The number of hydrogen-bond acceptors (Lipinski definition) is 6. The van der Waals surface area contributed by atoms with Crippen molar-refractivity contribution in [3.8, 4) is 35.2 Å². The molecule has 1 heterocycles. The first-order valence-corrected chi connectivity index (χ1v) is 11.3. The number of hydrogen-bond donors (Lipinski definition) is 1. The second-order valence-corrected chi connectivity index (χ2v) is 8.22. The maximum absolute atomic E-state index is 10.5. The van der Waals surface area contributed by atoms with Gasteiger partial charge >= 0.3 is 0 Å². The van der Waals surface area contributed by atoms with E-state index >= 15 is 0 Å². The van der Waals surface area contributed by atoms with Crippen LogP contribution in [-0.2, 0) is 23.1 Å². The SMILES string of the molecule is C#CCOC[C@H](O)CN(CCOC)Cc1c(-c2ccccc2)nn(C)c1Oc1ccc(Cl)cc1. The van der Waals surface area contributed by atoms with Crippen molar-refractivity contribution in [2.75, 3.05) is 40.0 Å². The van der Waals surface area contributed by atoms with Crippen molar-refractivity contribution in [3.05, 3.63) is 65.2 Å². The molecule has 0 radical (unpaired) electrons. The molecule has 0 saturated heterocycles. The number of rotatable bonds is 13. The lowest BCUT2D eigenvalue weighted by Gasteiger charge is -2.25. The number of aromatic nitrogens is 2. The number of benzene rings is 2. The van der Waals surface area contributed by atoms with Gasteiger partial charge in [-0.25, -0.2) is 4.68 Å². The van der Waals surface area contributed by atoms with E-state index in [1.54, 1.807) is 23.9 Å². The summed E-state index contributed by atoms with van der Waals surface area (Å²) in [5.74, 6) is 3.68. The van der Waals surface area contributed by atoms with Crippen LogP contribution in [0.3, 0.4) is 0 Å². The van der Waals surface area contributed by atoms with Crippen molar-refractivity contribution < 1.29 is 19.3 Å². The van der Waals surface area contributed by atoms with Crippen LogP contribution in [0.2, 0.25) is 5.02 Å². The van der Waals surface area contributed by atoms with Gasteiger partial charge in [0, 0.05) is 44.4 Å². The number of ether oxygens (including phenoxy) is 3. The molecule has 2 aromatic carbocycles. The lowest BCUT2D eigenvalue weighted by Crippen LogP contribution is -2.36. The number of aryl methyl sites for hydroxylation is 1. The number of terminal acetylenes is 1. The predicted molar refractivity (Wildman–Crippen MR) is 133 cm³/mol. The van der Waals surface area contributed by atoms with Gasteiger partial charge in [-0.1, -0.05) is 47.9 Å². The molecule has 0 aliphatic rings. The van der Waals surface area contributed by atoms with Gasteiger partial charge in [0.1, 0.15) is 18.1 Å². The van der Waals surface area contributed by atoms with Crippen LogP contribution in [0.25, 0.3) is 11.3 Å². The fourth-order valence-corrected chi connectivity index (χ4v) is 3.67. The minimum Gasteiger partial charge on any atom is -0.439 e. The van der Waals surface area contributed by atoms with Crippen LogP contribution in [0.15, 0.2) is 54.6 Å². The van der Waals surface area contributed by atoms with E-state index in [0.717, 1.165) is 16.8 Å². The highest BCUT2D eigenvalue weighted by atomic mass is 35.5. The van der Waals surface area contributed by atoms with Crippen molar-refractivity contribution in [2.45, 2.75) is 12.6 Å². The minimum absolute atomic E-state index is 0.153. The summed E-state index contributed by atoms with van der Waals surface area (Å²) in [6, 6.07) is 17.1. The van der Waals surface area contributed by atoms with Gasteiger partial charge in [0.25, 0.3) is 0 Å². The molecular formula is C26H30ClN3O4. The van der Waals surface area contributed by atoms with E-state index in [4.69, 9.17) is 37.3 Å². The molecule has 0 saturated carbocycles. The second kappa shape index (κ2) is 13.1. The summed E-state index contributed by atoms with van der Waals surface area (Å²) in [5, 5.41) is 15.9. The Morgan fingerprint density at radius 2 is 1.91 bits per heavy atom. The zero-order chi connectivity index (χ0) is 24.3. The van der Waals surface area contributed by atoms with E-state index in [0.29, 0.717) is 42.9 Å². The molecule has 8 heteroatoms. The van der Waals surface area contributed by atoms with Gasteiger partial charge in [-0.05, 0) is 24.3 Å². The summed E-state index contributed by atoms with van der Waals surface area (Å²) < 4.78 is 18.6. The molecule has 1 N–H and O–H groups in total. The summed E-state index contributed by atoms with van der Waals surface area (Å²) in [6.07, 6.45) is 4.53. The van der Waals surface area contributed by atoms with E-state index in [-0.39, 0.29) is 13.2 Å². The second-order valence-electron chi connectivity index (χ2n) is 7.78. The largest absolute Gasteiger partial charge is 0.439 e. The zero-order valence-corrected chi connectivity index (χ0v) is 20.2. The summed E-state index contributed by atoms with van der Waals surface area (Å²) >= 11 is 6.04. The maximum Gasteiger partial charge on any atom is 0.222 e. The van der Waals surface area contributed by atoms with Crippen molar-refractivity contribution in [1.29, 1.82) is 0 Å². The third kappa shape index (κ3) is 7.32. The topological polar surface area (TPSA) is 69.0 Å². The average Bonchev–Trinajstić information content (AvgIpc) is 3.14. The van der Waals surface area contributed by atoms with Gasteiger partial charge in [0.15, 0.2) is 0 Å². The fourth-order valence-electron chi connectivity index (χ4n) is 3.55. The highest BCUT2D eigenvalue weighted by Crippen LogP contribution is 2.34. The normalized spacial score (nSPS) is 12.0. The molecule has 0 spiro atoms. The van der Waals surface area contributed by atoms with Crippen molar-refractivity contribution >= 4 is 11.6 Å². The van der Waals surface area contributed by atoms with Gasteiger partial charge in [-0.3, -0.25) is 4.90 Å². The van der Waals surface area contributed by atoms with Crippen LogP contribution >= 0.6 is 11.6 Å². The molecule has 0 aliphatic heterocycles. The molecular weight excluding hydrogens is 454 g/mol. The highest BCUT2D eigenvalue weighted by molar-refractivity contribution is 6.30. The first kappa shape index (κ1) is 25.8. The van der Waals surface area contributed by atoms with E-state index in [2.05, 4.69) is 10.8 Å². The average molecular weight is 484 g/mol. The quantitative estimate of drug-likeness (QED) is 0.293. The van der Waals surface area contributed by atoms with Gasteiger partial charge in [0.05, 0.1) is 24.9 Å². The van der Waals surface area contributed by atoms with Crippen LogP contribution in [-0.4, -0.2) is 65.9 Å². The molecule has 0 aliphatic carbocycles. The van der Waals surface area contributed by atoms with E-state index in [9.17, 15) is 5.11 Å². The van der Waals surface area contributed by atoms with Crippen LogP contribution in [0.1, 0.15) is 5.56 Å². The molecule has 3 rings (SSSR count). The number of aliphatic hydroxyl groups is 1. The predicted octanol–water partition coefficient (Wildman–Crippen LogP) is 3.99. The molecule has 0 fully saturated rings. The molecule has 1 atom stereocenters. The third-order valence-electron chi connectivity index (χ3n) is 5.12. The first-order valence-electron chi connectivity index (χ1n) is 11.0. The summed E-state index contributed by atoms with van der Waals surface area (Å²) in [7, 11) is 3.50. The smallest absolute Gasteiger partial charge is 0.222 e. The monoisotopic (exact) mass is 483 g/mol. The van der Waals surface area contributed by atoms with Gasteiger partial charge in [-0.15, -0.1) is 6.42 Å². The number of methoxy groups -OCH3 is 1. The molecule has 0 unspecified atom stereocenters. The maximum atomic E-state index is 10.5. The Morgan fingerprint density at radius 1 is 1.18 bits per heavy atom. The number of nitrogens with zero attached hydrogens (tertiary/aromatic N) is 3. The third-order valence-corrected chi connectivity index (χ3v) is 5.37. The Hall–Kier alpha value is -2.86. The Morgan fingerprint density at radius 3 is 2.59 bits per heavy atom. The first-order chi connectivity index (χ1) is 16.5. The molecule has 7 nitrogen and oxygen atoms in total. The summed E-state index contributed by atoms with van der Waals surface area (Å²) in [4.78, 5) is 2.09. The Bertz CT molecular complexity index is 1060. The van der Waals surface area contributed by atoms with Crippen LogP contribution < -0.4 is 4.74 Å². The van der Waals surface area contributed by atoms with E-state index in [1.165, 1.54) is 0 Å². The fraction of sp³-hybridized carbons (Fsp3) is 0.346. The van der Waals surface area contributed by atoms with Gasteiger partial charge in [-0.2, -0.15) is 5.10 Å². The molecule has 3 aromatic rings. The van der Waals surface area contributed by atoms with Crippen molar-refractivity contribution in [2.24, 2.45) is 7.05 Å². The molecule has 0 bridgehead atoms. The van der Waals surface area contributed by atoms with E-state index < -0.39 is 6.10 Å². The molecule has 180 valence electrons. The molecule has 0 amide bonds.